The van der Waals surface area contributed by atoms with Crippen LogP contribution in [0.5, 0.6) is 0 Å². The first-order chi connectivity index (χ1) is 13.1. The molecule has 0 aliphatic carbocycles. The monoisotopic (exact) mass is 377 g/mol. The number of nitrogens with zero attached hydrogens (tertiary/aromatic N) is 3. The topological polar surface area (TPSA) is 68.0 Å². The summed E-state index contributed by atoms with van der Waals surface area (Å²) in [5, 5.41) is 10.9. The van der Waals surface area contributed by atoms with Crippen molar-refractivity contribution < 1.29 is 9.90 Å². The van der Waals surface area contributed by atoms with Gasteiger partial charge in [0.2, 0.25) is 0 Å². The number of aromatic carboxylic acids is 1. The number of hydrogen-bond acceptors (Lipinski definition) is 3. The van der Waals surface area contributed by atoms with E-state index >= 15 is 0 Å². The van der Waals surface area contributed by atoms with E-state index < -0.39 is 5.97 Å². The Hall–Kier alpha value is -3.18. The number of benzene rings is 1. The molecule has 0 spiro atoms. The summed E-state index contributed by atoms with van der Waals surface area (Å²) in [6, 6.07) is 14.8. The minimum atomic E-state index is -0.981. The molecule has 4 rings (SSSR count). The van der Waals surface area contributed by atoms with Crippen molar-refractivity contribution in [1.82, 2.24) is 14.5 Å². The van der Waals surface area contributed by atoms with Crippen molar-refractivity contribution in [1.29, 1.82) is 0 Å². The van der Waals surface area contributed by atoms with Crippen LogP contribution in [0.4, 0.5) is 0 Å². The number of aromatic nitrogens is 3. The van der Waals surface area contributed by atoms with Crippen molar-refractivity contribution in [3.8, 4) is 11.4 Å². The highest BCUT2D eigenvalue weighted by Gasteiger charge is 2.10. The Morgan fingerprint density at radius 3 is 2.70 bits per heavy atom. The second-order valence-corrected chi connectivity index (χ2v) is 6.62. The summed E-state index contributed by atoms with van der Waals surface area (Å²) in [6.45, 7) is 0.793. The van der Waals surface area contributed by atoms with Crippen molar-refractivity contribution in [2.24, 2.45) is 0 Å². The fourth-order valence-corrected chi connectivity index (χ4v) is 3.30. The molecule has 0 amide bonds. The fraction of sp³-hybridized carbons (Fsp3) is 0.0952. The molecule has 0 aliphatic rings. The molecule has 3 heterocycles. The number of carbonyl (C=O) groups is 1. The third-order valence-corrected chi connectivity index (χ3v) is 4.88. The number of pyridine rings is 2. The van der Waals surface area contributed by atoms with Gasteiger partial charge < -0.3 is 9.67 Å². The number of halogens is 1. The van der Waals surface area contributed by atoms with Gasteiger partial charge >= 0.3 is 5.97 Å². The number of rotatable bonds is 5. The lowest BCUT2D eigenvalue weighted by atomic mass is 10.1. The maximum absolute atomic E-state index is 11.2. The van der Waals surface area contributed by atoms with E-state index in [4.69, 9.17) is 16.7 Å². The first-order valence-corrected chi connectivity index (χ1v) is 8.87. The number of aryl methyl sites for hydroxylation is 2. The average molecular weight is 378 g/mol. The summed E-state index contributed by atoms with van der Waals surface area (Å²) in [7, 11) is 0. The minimum absolute atomic E-state index is 0.194. The SMILES string of the molecule is O=C(O)c1ccnc(-c2cc3ccn(CCc4ccccc4Cl)c3cn2)c1. The standard InChI is InChI=1S/C21H16ClN3O2/c22-17-4-2-1-3-14(17)6-9-25-10-7-15-11-19(24-13-20(15)25)18-12-16(21(26)27)5-8-23-18/h1-5,7-8,10-13H,6,9H2,(H,26,27). The first-order valence-electron chi connectivity index (χ1n) is 8.50. The van der Waals surface area contributed by atoms with E-state index in [-0.39, 0.29) is 5.56 Å². The van der Waals surface area contributed by atoms with Crippen LogP contribution in [0, 0.1) is 0 Å². The van der Waals surface area contributed by atoms with Gasteiger partial charge in [-0.25, -0.2) is 4.79 Å². The van der Waals surface area contributed by atoms with Crippen LogP contribution in [0.3, 0.4) is 0 Å². The maximum atomic E-state index is 11.2. The predicted octanol–water partition coefficient (Wildman–Crippen LogP) is 4.69. The van der Waals surface area contributed by atoms with Gasteiger partial charge in [-0.3, -0.25) is 9.97 Å². The van der Waals surface area contributed by atoms with Gasteiger partial charge in [0.25, 0.3) is 0 Å². The fourth-order valence-electron chi connectivity index (χ4n) is 3.07. The summed E-state index contributed by atoms with van der Waals surface area (Å²) in [5.74, 6) is -0.981. The Bertz CT molecular complexity index is 1140. The molecule has 0 saturated heterocycles. The molecule has 4 aromatic rings. The molecule has 0 saturated carbocycles. The van der Waals surface area contributed by atoms with Crippen LogP contribution in [0.15, 0.2) is 67.1 Å². The molecule has 0 fully saturated rings. The molecule has 1 N–H and O–H groups in total. The number of hydrogen-bond donors (Lipinski definition) is 1. The maximum Gasteiger partial charge on any atom is 0.335 e. The Morgan fingerprint density at radius 2 is 1.89 bits per heavy atom. The molecule has 0 unspecified atom stereocenters. The molecular formula is C21H16ClN3O2. The molecule has 0 aliphatic heterocycles. The van der Waals surface area contributed by atoms with Gasteiger partial charge in [0, 0.05) is 29.3 Å². The zero-order valence-electron chi connectivity index (χ0n) is 14.3. The van der Waals surface area contributed by atoms with Crippen LogP contribution in [-0.4, -0.2) is 25.6 Å². The van der Waals surface area contributed by atoms with Crippen molar-refractivity contribution in [2.75, 3.05) is 0 Å². The van der Waals surface area contributed by atoms with E-state index in [1.54, 1.807) is 6.20 Å². The van der Waals surface area contributed by atoms with Crippen molar-refractivity contribution in [2.45, 2.75) is 13.0 Å². The zero-order valence-corrected chi connectivity index (χ0v) is 15.1. The van der Waals surface area contributed by atoms with Crippen LogP contribution >= 0.6 is 11.6 Å². The molecular weight excluding hydrogens is 362 g/mol. The van der Waals surface area contributed by atoms with E-state index in [1.807, 2.05) is 42.6 Å². The van der Waals surface area contributed by atoms with E-state index in [0.29, 0.717) is 11.4 Å². The highest BCUT2D eigenvalue weighted by molar-refractivity contribution is 6.31. The first kappa shape index (κ1) is 17.2. The highest BCUT2D eigenvalue weighted by atomic mass is 35.5. The van der Waals surface area contributed by atoms with Gasteiger partial charge in [-0.15, -0.1) is 0 Å². The Labute approximate surface area is 160 Å². The van der Waals surface area contributed by atoms with Crippen molar-refractivity contribution in [3.05, 3.63) is 83.3 Å². The van der Waals surface area contributed by atoms with Gasteiger partial charge in [-0.05, 0) is 42.3 Å². The second-order valence-electron chi connectivity index (χ2n) is 6.21. The number of carboxylic acid groups (broad SMARTS) is 1. The molecule has 3 aromatic heterocycles. The smallest absolute Gasteiger partial charge is 0.335 e. The molecule has 5 nitrogen and oxygen atoms in total. The summed E-state index contributed by atoms with van der Waals surface area (Å²) in [4.78, 5) is 19.9. The molecule has 0 radical (unpaired) electrons. The van der Waals surface area contributed by atoms with Gasteiger partial charge in [-0.2, -0.15) is 0 Å². The summed E-state index contributed by atoms with van der Waals surface area (Å²) >= 11 is 6.24. The van der Waals surface area contributed by atoms with Crippen LogP contribution in [-0.2, 0) is 13.0 Å². The third kappa shape index (κ3) is 3.55. The lowest BCUT2D eigenvalue weighted by Crippen LogP contribution is -2.01. The normalized spacial score (nSPS) is 11.0. The van der Waals surface area contributed by atoms with E-state index in [0.717, 1.165) is 34.5 Å². The van der Waals surface area contributed by atoms with Crippen molar-refractivity contribution in [3.63, 3.8) is 0 Å². The zero-order chi connectivity index (χ0) is 18.8. The highest BCUT2D eigenvalue weighted by Crippen LogP contribution is 2.23. The lowest BCUT2D eigenvalue weighted by Gasteiger charge is -2.08. The number of fused-ring (bicyclic) bond motifs is 1. The summed E-state index contributed by atoms with van der Waals surface area (Å²) < 4.78 is 2.14. The van der Waals surface area contributed by atoms with Crippen LogP contribution < -0.4 is 0 Å². The largest absolute Gasteiger partial charge is 0.478 e. The molecule has 27 heavy (non-hydrogen) atoms. The predicted molar refractivity (Wildman–Crippen MR) is 105 cm³/mol. The molecule has 134 valence electrons. The quantitative estimate of drug-likeness (QED) is 0.547. The molecule has 1 aromatic carbocycles. The summed E-state index contributed by atoms with van der Waals surface area (Å²) in [5.41, 5.74) is 3.51. The average Bonchev–Trinajstić information content (AvgIpc) is 3.10. The Kier molecular flexibility index (Phi) is 4.60. The summed E-state index contributed by atoms with van der Waals surface area (Å²) in [6.07, 6.45) is 6.13. The van der Waals surface area contributed by atoms with Crippen molar-refractivity contribution >= 4 is 28.5 Å². The van der Waals surface area contributed by atoms with Gasteiger partial charge in [-0.1, -0.05) is 29.8 Å². The van der Waals surface area contributed by atoms with Gasteiger partial charge in [0.15, 0.2) is 0 Å². The Balaban J connectivity index is 1.61. The Morgan fingerprint density at radius 1 is 1.07 bits per heavy atom. The van der Waals surface area contributed by atoms with Crippen LogP contribution in [0.2, 0.25) is 5.02 Å². The van der Waals surface area contributed by atoms with E-state index in [2.05, 4.69) is 14.5 Å². The van der Waals surface area contributed by atoms with Crippen LogP contribution in [0.25, 0.3) is 22.3 Å². The van der Waals surface area contributed by atoms with Crippen LogP contribution in [0.1, 0.15) is 15.9 Å². The molecule has 6 heteroatoms. The minimum Gasteiger partial charge on any atom is -0.478 e. The second kappa shape index (κ2) is 7.21. The van der Waals surface area contributed by atoms with Gasteiger partial charge in [0.1, 0.15) is 0 Å². The lowest BCUT2D eigenvalue weighted by molar-refractivity contribution is 0.0697. The van der Waals surface area contributed by atoms with E-state index in [9.17, 15) is 4.79 Å². The number of carboxylic acids is 1. The van der Waals surface area contributed by atoms with E-state index in [1.165, 1.54) is 18.3 Å². The molecule has 0 atom stereocenters. The third-order valence-electron chi connectivity index (χ3n) is 4.51. The van der Waals surface area contributed by atoms with Gasteiger partial charge in [0.05, 0.1) is 28.7 Å². The molecule has 0 bridgehead atoms.